The van der Waals surface area contributed by atoms with Crippen molar-refractivity contribution in [2.75, 3.05) is 19.8 Å². The number of hydrogen-bond donors (Lipinski definition) is 1. The van der Waals surface area contributed by atoms with Crippen LogP contribution >= 0.6 is 0 Å². The van der Waals surface area contributed by atoms with E-state index in [4.69, 9.17) is 4.74 Å². The second-order valence-electron chi connectivity index (χ2n) is 7.65. The zero-order valence-corrected chi connectivity index (χ0v) is 15.7. The van der Waals surface area contributed by atoms with Gasteiger partial charge < -0.3 is 14.6 Å². The first-order valence-corrected chi connectivity index (χ1v) is 9.87. The van der Waals surface area contributed by atoms with Gasteiger partial charge in [-0.3, -0.25) is 4.79 Å². The minimum atomic E-state index is -0.00644. The summed E-state index contributed by atoms with van der Waals surface area (Å²) in [6, 6.07) is 2.85. The van der Waals surface area contributed by atoms with Crippen molar-refractivity contribution in [3.8, 4) is 0 Å². The number of nitrogens with zero attached hydrogens (tertiary/aromatic N) is 1. The molecule has 2 aliphatic rings. The molecule has 1 aliphatic carbocycles. The molecular formula is C21H32N2O2. The average Bonchev–Trinajstić information content (AvgIpc) is 2.93. The lowest BCUT2D eigenvalue weighted by atomic mass is 9.95. The standard InChI is InChI=1S/C21H32N2O2/c1-16-13-19(17(2)23(16)20-8-4-3-5-9-20)10-11-21(24)22-14-18-7-6-12-25-15-18/h10-11,13,18,20H,3-9,12,14-15H2,1-2H3,(H,22,24). The van der Waals surface area contributed by atoms with Crippen molar-refractivity contribution in [1.29, 1.82) is 0 Å². The van der Waals surface area contributed by atoms with Crippen molar-refractivity contribution in [3.05, 3.63) is 29.1 Å². The minimum Gasteiger partial charge on any atom is -0.381 e. The molecule has 4 heteroatoms. The highest BCUT2D eigenvalue weighted by atomic mass is 16.5. The van der Waals surface area contributed by atoms with E-state index in [-0.39, 0.29) is 5.91 Å². The Morgan fingerprint density at radius 2 is 2.04 bits per heavy atom. The summed E-state index contributed by atoms with van der Waals surface area (Å²) in [5.74, 6) is 0.454. The molecular weight excluding hydrogens is 312 g/mol. The molecule has 25 heavy (non-hydrogen) atoms. The van der Waals surface area contributed by atoms with Gasteiger partial charge in [0.1, 0.15) is 0 Å². The quantitative estimate of drug-likeness (QED) is 0.815. The summed E-state index contributed by atoms with van der Waals surface area (Å²) in [5.41, 5.74) is 3.76. The molecule has 1 unspecified atom stereocenters. The van der Waals surface area contributed by atoms with Crippen LogP contribution in [0, 0.1) is 19.8 Å². The Hall–Kier alpha value is -1.55. The number of aromatic nitrogens is 1. The first-order valence-electron chi connectivity index (χ1n) is 9.87. The number of nitrogens with one attached hydrogen (secondary N) is 1. The van der Waals surface area contributed by atoms with Crippen LogP contribution in [0.25, 0.3) is 6.08 Å². The predicted molar refractivity (Wildman–Crippen MR) is 102 cm³/mol. The van der Waals surface area contributed by atoms with Crippen LogP contribution in [0.5, 0.6) is 0 Å². The molecule has 4 nitrogen and oxygen atoms in total. The van der Waals surface area contributed by atoms with Gasteiger partial charge in [-0.05, 0) is 63.2 Å². The van der Waals surface area contributed by atoms with E-state index >= 15 is 0 Å². The zero-order chi connectivity index (χ0) is 17.6. The highest BCUT2D eigenvalue weighted by molar-refractivity contribution is 5.91. The number of carbonyl (C=O) groups excluding carboxylic acids is 1. The second kappa shape index (κ2) is 8.70. The largest absolute Gasteiger partial charge is 0.381 e. The van der Waals surface area contributed by atoms with Crippen LogP contribution in [0.1, 0.15) is 67.9 Å². The Bertz CT molecular complexity index is 606. The number of rotatable bonds is 5. The summed E-state index contributed by atoms with van der Waals surface area (Å²) < 4.78 is 7.94. The van der Waals surface area contributed by atoms with Crippen LogP contribution in [-0.4, -0.2) is 30.2 Å². The fourth-order valence-electron chi connectivity index (χ4n) is 4.31. The van der Waals surface area contributed by atoms with Gasteiger partial charge in [0, 0.05) is 36.7 Å². The molecule has 0 aromatic carbocycles. The van der Waals surface area contributed by atoms with Crippen molar-refractivity contribution in [1.82, 2.24) is 9.88 Å². The topological polar surface area (TPSA) is 43.3 Å². The number of ether oxygens (including phenoxy) is 1. The Balaban J connectivity index is 1.58. The van der Waals surface area contributed by atoms with Crippen LogP contribution < -0.4 is 5.32 Å². The third-order valence-electron chi connectivity index (χ3n) is 5.70. The summed E-state index contributed by atoms with van der Waals surface area (Å²) in [5, 5.41) is 3.01. The molecule has 1 aliphatic heterocycles. The van der Waals surface area contributed by atoms with Crippen molar-refractivity contribution >= 4 is 12.0 Å². The molecule has 0 radical (unpaired) electrons. The number of aryl methyl sites for hydroxylation is 1. The number of carbonyl (C=O) groups is 1. The van der Waals surface area contributed by atoms with Crippen molar-refractivity contribution in [3.63, 3.8) is 0 Å². The van der Waals surface area contributed by atoms with Gasteiger partial charge in [0.25, 0.3) is 0 Å². The molecule has 1 aromatic heterocycles. The van der Waals surface area contributed by atoms with E-state index in [1.165, 1.54) is 49.1 Å². The molecule has 0 spiro atoms. The van der Waals surface area contributed by atoms with E-state index in [1.54, 1.807) is 6.08 Å². The van der Waals surface area contributed by atoms with E-state index in [0.717, 1.165) is 26.1 Å². The van der Waals surface area contributed by atoms with Gasteiger partial charge in [-0.15, -0.1) is 0 Å². The fraction of sp³-hybridized carbons (Fsp3) is 0.667. The zero-order valence-electron chi connectivity index (χ0n) is 15.7. The maximum absolute atomic E-state index is 12.1. The highest BCUT2D eigenvalue weighted by Gasteiger charge is 2.19. The van der Waals surface area contributed by atoms with Gasteiger partial charge in [0.2, 0.25) is 5.91 Å². The number of hydrogen-bond acceptors (Lipinski definition) is 2. The summed E-state index contributed by atoms with van der Waals surface area (Å²) in [6.45, 7) is 6.71. The molecule has 138 valence electrons. The summed E-state index contributed by atoms with van der Waals surface area (Å²) in [4.78, 5) is 12.1. The van der Waals surface area contributed by atoms with Gasteiger partial charge >= 0.3 is 0 Å². The van der Waals surface area contributed by atoms with Crippen LogP contribution in [0.15, 0.2) is 12.1 Å². The smallest absolute Gasteiger partial charge is 0.244 e. The Morgan fingerprint density at radius 3 is 2.76 bits per heavy atom. The molecule has 2 heterocycles. The first kappa shape index (κ1) is 18.2. The molecule has 1 aromatic rings. The molecule has 0 bridgehead atoms. The summed E-state index contributed by atoms with van der Waals surface area (Å²) >= 11 is 0. The van der Waals surface area contributed by atoms with Crippen LogP contribution in [-0.2, 0) is 9.53 Å². The predicted octanol–water partition coefficient (Wildman–Crippen LogP) is 4.17. The Labute approximate surface area is 151 Å². The van der Waals surface area contributed by atoms with Gasteiger partial charge in [-0.25, -0.2) is 0 Å². The lowest BCUT2D eigenvalue weighted by Gasteiger charge is -2.26. The van der Waals surface area contributed by atoms with Gasteiger partial charge in [0.15, 0.2) is 0 Å². The van der Waals surface area contributed by atoms with E-state index in [0.29, 0.717) is 18.5 Å². The van der Waals surface area contributed by atoms with Crippen LogP contribution in [0.3, 0.4) is 0 Å². The van der Waals surface area contributed by atoms with Crippen LogP contribution in [0.2, 0.25) is 0 Å². The fourth-order valence-corrected chi connectivity index (χ4v) is 4.31. The normalized spacial score (nSPS) is 22.4. The SMILES string of the molecule is Cc1cc(C=CC(=O)NCC2CCCOC2)c(C)n1C1CCCCC1. The van der Waals surface area contributed by atoms with Crippen molar-refractivity contribution in [2.24, 2.45) is 5.92 Å². The summed E-state index contributed by atoms with van der Waals surface area (Å²) in [7, 11) is 0. The van der Waals surface area contributed by atoms with E-state index in [2.05, 4.69) is 29.8 Å². The molecule has 3 rings (SSSR count). The van der Waals surface area contributed by atoms with Crippen molar-refractivity contribution in [2.45, 2.75) is 64.8 Å². The molecule has 1 N–H and O–H groups in total. The molecule has 1 amide bonds. The third-order valence-corrected chi connectivity index (χ3v) is 5.70. The van der Waals surface area contributed by atoms with Gasteiger partial charge in [0.05, 0.1) is 6.61 Å². The Morgan fingerprint density at radius 1 is 1.24 bits per heavy atom. The summed E-state index contributed by atoms with van der Waals surface area (Å²) in [6.07, 6.45) is 12.5. The van der Waals surface area contributed by atoms with Crippen molar-refractivity contribution < 1.29 is 9.53 Å². The average molecular weight is 344 g/mol. The Kier molecular flexibility index (Phi) is 6.35. The lowest BCUT2D eigenvalue weighted by molar-refractivity contribution is -0.116. The first-order chi connectivity index (χ1) is 12.1. The second-order valence-corrected chi connectivity index (χ2v) is 7.65. The van der Waals surface area contributed by atoms with Crippen LogP contribution in [0.4, 0.5) is 0 Å². The maximum atomic E-state index is 12.1. The lowest BCUT2D eigenvalue weighted by Crippen LogP contribution is -2.32. The molecule has 2 fully saturated rings. The van der Waals surface area contributed by atoms with E-state index in [1.807, 2.05) is 6.08 Å². The number of amides is 1. The molecule has 1 atom stereocenters. The van der Waals surface area contributed by atoms with E-state index < -0.39 is 0 Å². The molecule has 1 saturated heterocycles. The third kappa shape index (κ3) is 4.75. The monoisotopic (exact) mass is 344 g/mol. The minimum absolute atomic E-state index is 0.00644. The molecule has 1 saturated carbocycles. The van der Waals surface area contributed by atoms with Gasteiger partial charge in [-0.1, -0.05) is 19.3 Å². The maximum Gasteiger partial charge on any atom is 0.244 e. The van der Waals surface area contributed by atoms with E-state index in [9.17, 15) is 4.79 Å². The van der Waals surface area contributed by atoms with Gasteiger partial charge in [-0.2, -0.15) is 0 Å². The highest BCUT2D eigenvalue weighted by Crippen LogP contribution is 2.32.